The van der Waals surface area contributed by atoms with Crippen LogP contribution in [0.15, 0.2) is 12.1 Å². The number of aromatic hydroxyl groups is 2. The van der Waals surface area contributed by atoms with E-state index < -0.39 is 13.5 Å². The van der Waals surface area contributed by atoms with Crippen molar-refractivity contribution >= 4 is 7.60 Å². The summed E-state index contributed by atoms with van der Waals surface area (Å²) in [6.07, 6.45) is 0.449. The standard InChI is InChI=1S/C19H33O5P/c1-12(2)14(10-25(22,23)24)13-8-17(21)15(9-16(13)20)19(6,7)11-18(3,4)5/h8-9,12,14,20-21H,10-11H2,1-7H3,(H2,22,23,24). The van der Waals surface area contributed by atoms with E-state index in [1.807, 2.05) is 27.7 Å². The first-order valence-electron chi connectivity index (χ1n) is 8.64. The molecule has 1 rings (SSSR count). The zero-order chi connectivity index (χ0) is 19.8. The molecule has 0 fully saturated rings. The minimum Gasteiger partial charge on any atom is -0.508 e. The van der Waals surface area contributed by atoms with E-state index in [-0.39, 0.29) is 34.4 Å². The second-order valence-electron chi connectivity index (χ2n) is 9.25. The number of benzene rings is 1. The average Bonchev–Trinajstić information content (AvgIpc) is 2.34. The van der Waals surface area contributed by atoms with Crippen LogP contribution in [-0.4, -0.2) is 26.2 Å². The normalized spacial score (nSPS) is 14.8. The van der Waals surface area contributed by atoms with Gasteiger partial charge in [-0.15, -0.1) is 0 Å². The fourth-order valence-electron chi connectivity index (χ4n) is 3.78. The van der Waals surface area contributed by atoms with Gasteiger partial charge in [-0.05, 0) is 35.3 Å². The highest BCUT2D eigenvalue weighted by atomic mass is 31.2. The van der Waals surface area contributed by atoms with Crippen molar-refractivity contribution in [1.82, 2.24) is 0 Å². The molecule has 1 unspecified atom stereocenters. The maximum atomic E-state index is 11.4. The Morgan fingerprint density at radius 2 is 1.52 bits per heavy atom. The van der Waals surface area contributed by atoms with Gasteiger partial charge in [-0.25, -0.2) is 0 Å². The lowest BCUT2D eigenvalue weighted by molar-refractivity contribution is 0.277. The molecule has 144 valence electrons. The molecule has 0 aliphatic heterocycles. The van der Waals surface area contributed by atoms with E-state index in [9.17, 15) is 24.6 Å². The minimum absolute atomic E-state index is 0.0260. The van der Waals surface area contributed by atoms with Crippen LogP contribution in [0.1, 0.15) is 71.9 Å². The Kier molecular flexibility index (Phi) is 6.43. The first-order valence-corrected chi connectivity index (χ1v) is 10.4. The number of hydrogen-bond acceptors (Lipinski definition) is 3. The highest BCUT2D eigenvalue weighted by molar-refractivity contribution is 7.51. The Hall–Kier alpha value is -1.03. The fourth-order valence-corrected chi connectivity index (χ4v) is 4.91. The molecule has 5 nitrogen and oxygen atoms in total. The third kappa shape index (κ3) is 6.32. The molecule has 1 aromatic carbocycles. The molecule has 0 aliphatic carbocycles. The van der Waals surface area contributed by atoms with E-state index in [2.05, 4.69) is 20.8 Å². The highest BCUT2D eigenvalue weighted by Gasteiger charge is 2.33. The van der Waals surface area contributed by atoms with Crippen molar-refractivity contribution in [3.8, 4) is 11.5 Å². The minimum atomic E-state index is -4.24. The van der Waals surface area contributed by atoms with Crippen LogP contribution in [0.3, 0.4) is 0 Å². The Balaban J connectivity index is 3.37. The summed E-state index contributed by atoms with van der Waals surface area (Å²) in [6, 6.07) is 3.01. The summed E-state index contributed by atoms with van der Waals surface area (Å²) in [6.45, 7) is 14.1. The zero-order valence-corrected chi connectivity index (χ0v) is 17.3. The highest BCUT2D eigenvalue weighted by Crippen LogP contribution is 2.48. The van der Waals surface area contributed by atoms with Crippen molar-refractivity contribution in [2.45, 2.75) is 66.2 Å². The largest absolute Gasteiger partial charge is 0.508 e. The molecule has 0 aromatic heterocycles. The first-order chi connectivity index (χ1) is 11.0. The van der Waals surface area contributed by atoms with Gasteiger partial charge in [0.15, 0.2) is 0 Å². The van der Waals surface area contributed by atoms with Crippen molar-refractivity contribution in [3.63, 3.8) is 0 Å². The van der Waals surface area contributed by atoms with Gasteiger partial charge in [0.25, 0.3) is 0 Å². The molecule has 25 heavy (non-hydrogen) atoms. The van der Waals surface area contributed by atoms with E-state index in [4.69, 9.17) is 0 Å². The van der Waals surface area contributed by atoms with Gasteiger partial charge in [-0.2, -0.15) is 0 Å². The van der Waals surface area contributed by atoms with Crippen LogP contribution in [0.5, 0.6) is 11.5 Å². The molecule has 0 heterocycles. The molecule has 1 atom stereocenters. The summed E-state index contributed by atoms with van der Waals surface area (Å²) in [5.41, 5.74) is 0.716. The lowest BCUT2D eigenvalue weighted by Gasteiger charge is -2.34. The van der Waals surface area contributed by atoms with Crippen molar-refractivity contribution in [2.24, 2.45) is 11.3 Å². The number of phenolic OH excluding ortho intramolecular Hbond substituents is 2. The molecule has 1 aromatic rings. The van der Waals surface area contributed by atoms with Crippen LogP contribution in [0.25, 0.3) is 0 Å². The average molecular weight is 372 g/mol. The number of phenols is 2. The third-order valence-corrected chi connectivity index (χ3v) is 5.35. The molecule has 6 heteroatoms. The molecule has 0 saturated heterocycles. The Morgan fingerprint density at radius 1 is 1.00 bits per heavy atom. The smallest absolute Gasteiger partial charge is 0.326 e. The second-order valence-corrected chi connectivity index (χ2v) is 10.9. The number of rotatable bonds is 6. The van der Waals surface area contributed by atoms with Gasteiger partial charge in [0, 0.05) is 17.0 Å². The van der Waals surface area contributed by atoms with Gasteiger partial charge < -0.3 is 20.0 Å². The summed E-state index contributed by atoms with van der Waals surface area (Å²) in [5, 5.41) is 21.1. The van der Waals surface area contributed by atoms with Crippen LogP contribution >= 0.6 is 7.60 Å². The van der Waals surface area contributed by atoms with Crippen LogP contribution in [0.4, 0.5) is 0 Å². The van der Waals surface area contributed by atoms with Gasteiger partial charge in [0.2, 0.25) is 0 Å². The molecule has 0 bridgehead atoms. The second kappa shape index (κ2) is 7.30. The van der Waals surface area contributed by atoms with E-state index in [0.717, 1.165) is 6.42 Å². The van der Waals surface area contributed by atoms with E-state index in [0.29, 0.717) is 11.1 Å². The Bertz CT molecular complexity index is 653. The van der Waals surface area contributed by atoms with E-state index in [1.165, 1.54) is 6.07 Å². The van der Waals surface area contributed by atoms with Crippen molar-refractivity contribution in [1.29, 1.82) is 0 Å². The summed E-state index contributed by atoms with van der Waals surface area (Å²) in [5.74, 6) is -0.599. The first kappa shape index (κ1) is 22.0. The summed E-state index contributed by atoms with van der Waals surface area (Å²) in [7, 11) is -4.24. The lowest BCUT2D eigenvalue weighted by atomic mass is 9.71. The van der Waals surface area contributed by atoms with Gasteiger partial charge in [-0.1, -0.05) is 48.5 Å². The van der Waals surface area contributed by atoms with Gasteiger partial charge in [-0.3, -0.25) is 4.57 Å². The quantitative estimate of drug-likeness (QED) is 0.427. The SMILES string of the molecule is CC(C)C(CP(=O)(O)O)c1cc(O)c(C(C)(C)CC(C)(C)C)cc1O. The van der Waals surface area contributed by atoms with Gasteiger partial charge in [0.1, 0.15) is 11.5 Å². The fraction of sp³-hybridized carbons (Fsp3) is 0.684. The summed E-state index contributed by atoms with van der Waals surface area (Å²) >= 11 is 0. The van der Waals surface area contributed by atoms with E-state index >= 15 is 0 Å². The Morgan fingerprint density at radius 3 is 1.92 bits per heavy atom. The van der Waals surface area contributed by atoms with Gasteiger partial charge in [0.05, 0.1) is 6.16 Å². The predicted octanol–water partition coefficient (Wildman–Crippen LogP) is 4.73. The molecule has 0 spiro atoms. The predicted molar refractivity (Wildman–Crippen MR) is 101 cm³/mol. The van der Waals surface area contributed by atoms with Crippen LogP contribution < -0.4 is 0 Å². The summed E-state index contributed by atoms with van der Waals surface area (Å²) in [4.78, 5) is 18.7. The zero-order valence-electron chi connectivity index (χ0n) is 16.4. The molecule has 4 N–H and O–H groups in total. The third-order valence-electron chi connectivity index (χ3n) is 4.49. The van der Waals surface area contributed by atoms with Crippen LogP contribution in [0.2, 0.25) is 0 Å². The van der Waals surface area contributed by atoms with Crippen LogP contribution in [-0.2, 0) is 9.98 Å². The molecular formula is C19H33O5P. The van der Waals surface area contributed by atoms with Crippen molar-refractivity contribution in [2.75, 3.05) is 6.16 Å². The topological polar surface area (TPSA) is 98.0 Å². The molecule has 0 aliphatic rings. The molecule has 0 radical (unpaired) electrons. The number of hydrogen-bond donors (Lipinski definition) is 4. The molecular weight excluding hydrogens is 339 g/mol. The summed E-state index contributed by atoms with van der Waals surface area (Å²) < 4.78 is 11.4. The Labute approximate surface area is 151 Å². The van der Waals surface area contributed by atoms with Crippen molar-refractivity contribution in [3.05, 3.63) is 23.3 Å². The van der Waals surface area contributed by atoms with Crippen LogP contribution in [0, 0.1) is 11.3 Å². The van der Waals surface area contributed by atoms with Crippen molar-refractivity contribution < 1.29 is 24.6 Å². The monoisotopic (exact) mass is 372 g/mol. The maximum Gasteiger partial charge on any atom is 0.326 e. The maximum absolute atomic E-state index is 11.4. The molecule has 0 amide bonds. The van der Waals surface area contributed by atoms with E-state index in [1.54, 1.807) is 6.07 Å². The van der Waals surface area contributed by atoms with Gasteiger partial charge >= 0.3 is 7.60 Å². The molecule has 0 saturated carbocycles. The lowest BCUT2D eigenvalue weighted by Crippen LogP contribution is -2.25.